The van der Waals surface area contributed by atoms with E-state index >= 15 is 0 Å². The van der Waals surface area contributed by atoms with Gasteiger partial charge < -0.3 is 4.74 Å². The molecule has 0 aromatic rings. The normalized spacial score (nSPS) is 48.0. The average Bonchev–Trinajstić information content (AvgIpc) is 2.17. The van der Waals surface area contributed by atoms with Gasteiger partial charge in [-0.15, -0.1) is 0 Å². The molecule has 0 radical (unpaired) electrons. The van der Waals surface area contributed by atoms with Crippen molar-refractivity contribution < 1.29 is 9.13 Å². The molecule has 1 heterocycles. The molecule has 0 bridgehead atoms. The largest absolute Gasteiger partial charge is 0.356 e. The van der Waals surface area contributed by atoms with Crippen LogP contribution in [0.5, 0.6) is 0 Å². The van der Waals surface area contributed by atoms with E-state index in [1.807, 2.05) is 13.8 Å². The van der Waals surface area contributed by atoms with Crippen molar-refractivity contribution in [1.29, 1.82) is 0 Å². The molecule has 0 spiro atoms. The maximum absolute atomic E-state index is 12.9. The minimum atomic E-state index is -0.994. The summed E-state index contributed by atoms with van der Waals surface area (Å²) in [6, 6.07) is 0. The van der Waals surface area contributed by atoms with Crippen LogP contribution >= 0.6 is 11.6 Å². The highest BCUT2D eigenvalue weighted by Gasteiger charge is 2.39. The van der Waals surface area contributed by atoms with Crippen LogP contribution < -0.4 is 0 Å². The quantitative estimate of drug-likeness (QED) is 0.544. The smallest absolute Gasteiger partial charge is 0.162 e. The molecule has 0 aromatic carbocycles. The van der Waals surface area contributed by atoms with E-state index in [4.69, 9.17) is 16.3 Å². The third kappa shape index (κ3) is 1.28. The summed E-state index contributed by atoms with van der Waals surface area (Å²) in [5, 5.41) is 0. The second kappa shape index (κ2) is 3.05. The number of rotatable bonds is 1. The summed E-state index contributed by atoms with van der Waals surface area (Å²) in [7, 11) is 0. The molecule has 0 aliphatic carbocycles. The molecule has 1 aliphatic rings. The van der Waals surface area contributed by atoms with E-state index in [1.54, 1.807) is 0 Å². The number of alkyl halides is 2. The maximum atomic E-state index is 12.9. The molecule has 1 aliphatic heterocycles. The average molecular weight is 167 g/mol. The summed E-state index contributed by atoms with van der Waals surface area (Å²) >= 11 is 5.53. The summed E-state index contributed by atoms with van der Waals surface area (Å²) < 4.78 is 18.0. The van der Waals surface area contributed by atoms with Crippen molar-refractivity contribution in [3.8, 4) is 0 Å². The van der Waals surface area contributed by atoms with Crippen LogP contribution in [-0.2, 0) is 4.74 Å². The van der Waals surface area contributed by atoms with Crippen LogP contribution in [0.3, 0.4) is 0 Å². The lowest BCUT2D eigenvalue weighted by molar-refractivity contribution is 0.0678. The second-order valence-electron chi connectivity index (χ2n) is 2.74. The molecule has 1 rings (SSSR count). The van der Waals surface area contributed by atoms with E-state index in [0.717, 1.165) is 6.42 Å². The zero-order valence-electron chi connectivity index (χ0n) is 6.18. The molecule has 10 heavy (non-hydrogen) atoms. The minimum absolute atomic E-state index is 0.0116. The van der Waals surface area contributed by atoms with E-state index < -0.39 is 11.7 Å². The van der Waals surface area contributed by atoms with Gasteiger partial charge in [-0.1, -0.05) is 25.4 Å². The standard InChI is InChI=1S/C7H12ClFO/c1-3-5-4(2)6(9)7(8)10-5/h4-7H,3H2,1-2H3/t4-,5+,6?,7+/m0/s1. The molecule has 1 fully saturated rings. The first-order valence-electron chi connectivity index (χ1n) is 3.60. The number of hydrogen-bond donors (Lipinski definition) is 0. The predicted octanol–water partition coefficient (Wildman–Crippen LogP) is 2.33. The molecule has 0 saturated carbocycles. The van der Waals surface area contributed by atoms with Gasteiger partial charge >= 0.3 is 0 Å². The van der Waals surface area contributed by atoms with Crippen LogP contribution in [0.25, 0.3) is 0 Å². The SMILES string of the molecule is CC[C@H]1O[C@@H](Cl)C(F)[C@H]1C. The third-order valence-corrected chi connectivity index (χ3v) is 2.39. The van der Waals surface area contributed by atoms with Gasteiger partial charge in [-0.2, -0.15) is 0 Å². The summed E-state index contributed by atoms with van der Waals surface area (Å²) in [5.74, 6) is -0.0486. The summed E-state index contributed by atoms with van der Waals surface area (Å²) in [6.45, 7) is 3.81. The van der Waals surface area contributed by atoms with Crippen LogP contribution in [-0.4, -0.2) is 17.8 Å². The Labute approximate surface area is 65.5 Å². The topological polar surface area (TPSA) is 9.23 Å². The Bertz CT molecular complexity index is 120. The Morgan fingerprint density at radius 3 is 2.40 bits per heavy atom. The van der Waals surface area contributed by atoms with Gasteiger partial charge in [0.15, 0.2) is 5.56 Å². The van der Waals surface area contributed by atoms with Crippen molar-refractivity contribution in [3.05, 3.63) is 0 Å². The third-order valence-electron chi connectivity index (χ3n) is 2.05. The van der Waals surface area contributed by atoms with E-state index in [2.05, 4.69) is 0 Å². The fraction of sp³-hybridized carbons (Fsp3) is 1.00. The highest BCUT2D eigenvalue weighted by Crippen LogP contribution is 2.32. The highest BCUT2D eigenvalue weighted by atomic mass is 35.5. The molecule has 0 N–H and O–H groups in total. The summed E-state index contributed by atoms with van der Waals surface area (Å²) in [4.78, 5) is 0. The van der Waals surface area contributed by atoms with Gasteiger partial charge in [0.1, 0.15) is 6.17 Å². The zero-order chi connectivity index (χ0) is 7.72. The second-order valence-corrected chi connectivity index (χ2v) is 3.17. The van der Waals surface area contributed by atoms with Crippen molar-refractivity contribution in [2.75, 3.05) is 0 Å². The Kier molecular flexibility index (Phi) is 2.53. The molecule has 60 valence electrons. The fourth-order valence-corrected chi connectivity index (χ4v) is 1.64. The molecule has 0 aromatic heterocycles. The lowest BCUT2D eigenvalue weighted by Gasteiger charge is -2.10. The van der Waals surface area contributed by atoms with E-state index in [1.165, 1.54) is 0 Å². The molecule has 4 atom stereocenters. The molecule has 3 heteroatoms. The first-order valence-corrected chi connectivity index (χ1v) is 4.04. The Balaban J connectivity index is 2.53. The number of halogens is 2. The van der Waals surface area contributed by atoms with Crippen molar-refractivity contribution in [2.45, 2.75) is 38.1 Å². The van der Waals surface area contributed by atoms with Crippen LogP contribution in [0.1, 0.15) is 20.3 Å². The molecule has 1 saturated heterocycles. The van der Waals surface area contributed by atoms with Gasteiger partial charge in [-0.25, -0.2) is 4.39 Å². The predicted molar refractivity (Wildman–Crippen MR) is 38.9 cm³/mol. The van der Waals surface area contributed by atoms with E-state index in [0.29, 0.717) is 0 Å². The Morgan fingerprint density at radius 1 is 1.60 bits per heavy atom. The summed E-state index contributed by atoms with van der Waals surface area (Å²) in [5.41, 5.74) is -0.722. The zero-order valence-corrected chi connectivity index (χ0v) is 6.94. The monoisotopic (exact) mass is 166 g/mol. The van der Waals surface area contributed by atoms with Crippen LogP contribution in [0.15, 0.2) is 0 Å². The van der Waals surface area contributed by atoms with Gasteiger partial charge in [0.05, 0.1) is 6.10 Å². The van der Waals surface area contributed by atoms with Crippen LogP contribution in [0, 0.1) is 5.92 Å². The van der Waals surface area contributed by atoms with Gasteiger partial charge in [-0.05, 0) is 6.42 Å². The van der Waals surface area contributed by atoms with E-state index in [-0.39, 0.29) is 12.0 Å². The summed E-state index contributed by atoms with van der Waals surface area (Å²) in [6.07, 6.45) is -0.144. The molecular formula is C7H12ClFO. The van der Waals surface area contributed by atoms with Crippen molar-refractivity contribution in [2.24, 2.45) is 5.92 Å². The van der Waals surface area contributed by atoms with Crippen LogP contribution in [0.2, 0.25) is 0 Å². The van der Waals surface area contributed by atoms with Gasteiger partial charge in [0.2, 0.25) is 0 Å². The molecule has 0 amide bonds. The number of hydrogen-bond acceptors (Lipinski definition) is 1. The fourth-order valence-electron chi connectivity index (χ4n) is 1.28. The maximum Gasteiger partial charge on any atom is 0.162 e. The van der Waals surface area contributed by atoms with Gasteiger partial charge in [0.25, 0.3) is 0 Å². The van der Waals surface area contributed by atoms with Gasteiger partial charge in [-0.3, -0.25) is 0 Å². The van der Waals surface area contributed by atoms with Crippen molar-refractivity contribution in [3.63, 3.8) is 0 Å². The minimum Gasteiger partial charge on any atom is -0.356 e. The lowest BCUT2D eigenvalue weighted by atomic mass is 10.0. The Morgan fingerprint density at radius 2 is 2.20 bits per heavy atom. The first-order chi connectivity index (χ1) is 4.66. The number of ether oxygens (including phenoxy) is 1. The first kappa shape index (κ1) is 8.28. The molecule has 1 nitrogen and oxygen atoms in total. The lowest BCUT2D eigenvalue weighted by Crippen LogP contribution is -2.17. The molecule has 1 unspecified atom stereocenters. The van der Waals surface area contributed by atoms with Gasteiger partial charge in [0, 0.05) is 5.92 Å². The molecular weight excluding hydrogens is 155 g/mol. The van der Waals surface area contributed by atoms with Crippen molar-refractivity contribution >= 4 is 11.6 Å². The van der Waals surface area contributed by atoms with Crippen LogP contribution in [0.4, 0.5) is 4.39 Å². The van der Waals surface area contributed by atoms with E-state index in [9.17, 15) is 4.39 Å². The Hall–Kier alpha value is 0.180. The van der Waals surface area contributed by atoms with Crippen molar-refractivity contribution in [1.82, 2.24) is 0 Å². The highest BCUT2D eigenvalue weighted by molar-refractivity contribution is 6.20.